The van der Waals surface area contributed by atoms with E-state index in [-0.39, 0.29) is 0 Å². The molecular formula is C8H7N3O2. The van der Waals surface area contributed by atoms with E-state index in [2.05, 4.69) is 0 Å². The molecule has 2 atom stereocenters. The summed E-state index contributed by atoms with van der Waals surface area (Å²) in [7, 11) is 0. The summed E-state index contributed by atoms with van der Waals surface area (Å²) in [6.45, 7) is 1.55. The Balaban J connectivity index is 2.97. The number of nitrogens with one attached hydrogen (secondary N) is 1. The van der Waals surface area contributed by atoms with E-state index >= 15 is 0 Å². The first kappa shape index (κ1) is 9.21. The van der Waals surface area contributed by atoms with Crippen molar-refractivity contribution in [1.29, 1.82) is 10.5 Å². The van der Waals surface area contributed by atoms with Crippen LogP contribution >= 0.6 is 0 Å². The zero-order valence-corrected chi connectivity index (χ0v) is 6.94. The van der Waals surface area contributed by atoms with Crippen LogP contribution in [0.4, 0.5) is 0 Å². The van der Waals surface area contributed by atoms with Crippen molar-refractivity contribution in [2.75, 3.05) is 0 Å². The number of imide groups is 1. The molecule has 0 unspecified atom stereocenters. The first-order chi connectivity index (χ1) is 6.11. The van der Waals surface area contributed by atoms with E-state index in [1.807, 2.05) is 5.32 Å². The summed E-state index contributed by atoms with van der Waals surface area (Å²) in [6, 6.07) is 3.55. The van der Waals surface area contributed by atoms with E-state index in [1.165, 1.54) is 0 Å². The van der Waals surface area contributed by atoms with Gasteiger partial charge in [0.25, 0.3) is 0 Å². The Kier molecular flexibility index (Phi) is 2.29. The van der Waals surface area contributed by atoms with Crippen LogP contribution in [0.3, 0.4) is 0 Å². The average Bonchev–Trinajstić information content (AvgIpc) is 2.04. The van der Waals surface area contributed by atoms with Crippen molar-refractivity contribution in [3.63, 3.8) is 0 Å². The Hall–Kier alpha value is -1.88. The molecule has 1 rings (SSSR count). The number of amides is 2. The van der Waals surface area contributed by atoms with Gasteiger partial charge in [0.15, 0.2) is 0 Å². The molecule has 1 N–H and O–H groups in total. The van der Waals surface area contributed by atoms with Crippen LogP contribution in [0, 0.1) is 40.4 Å². The summed E-state index contributed by atoms with van der Waals surface area (Å²) in [5, 5.41) is 19.2. The van der Waals surface area contributed by atoms with Gasteiger partial charge in [-0.05, 0) is 0 Å². The van der Waals surface area contributed by atoms with Crippen molar-refractivity contribution < 1.29 is 9.59 Å². The number of hydrogen-bond donors (Lipinski definition) is 1. The number of nitriles is 2. The number of hydrogen-bond acceptors (Lipinski definition) is 4. The summed E-state index contributed by atoms with van der Waals surface area (Å²) in [5.41, 5.74) is 0. The van der Waals surface area contributed by atoms with Crippen molar-refractivity contribution in [2.24, 2.45) is 17.8 Å². The molecule has 0 spiro atoms. The first-order valence-corrected chi connectivity index (χ1v) is 3.75. The monoisotopic (exact) mass is 177 g/mol. The van der Waals surface area contributed by atoms with Gasteiger partial charge >= 0.3 is 0 Å². The van der Waals surface area contributed by atoms with Crippen molar-refractivity contribution in [2.45, 2.75) is 6.92 Å². The third-order valence-corrected chi connectivity index (χ3v) is 2.14. The number of rotatable bonds is 0. The summed E-state index contributed by atoms with van der Waals surface area (Å²) in [4.78, 5) is 22.1. The minimum Gasteiger partial charge on any atom is -0.294 e. The summed E-state index contributed by atoms with van der Waals surface area (Å²) < 4.78 is 0. The van der Waals surface area contributed by atoms with Crippen molar-refractivity contribution in [3.8, 4) is 12.1 Å². The second kappa shape index (κ2) is 3.24. The van der Waals surface area contributed by atoms with Gasteiger partial charge in [-0.25, -0.2) is 0 Å². The van der Waals surface area contributed by atoms with Gasteiger partial charge in [-0.1, -0.05) is 6.92 Å². The molecule has 2 amide bonds. The standard InChI is InChI=1S/C8H7N3O2/c1-4-5(2-9)7(12)11-8(13)6(4)3-10/h4-6H,1H3,(H,11,12,13)/t5-,6-/m0/s1. The molecule has 1 saturated heterocycles. The van der Waals surface area contributed by atoms with Gasteiger partial charge in [0.2, 0.25) is 11.8 Å². The van der Waals surface area contributed by atoms with Crippen LogP contribution in [-0.4, -0.2) is 11.8 Å². The highest BCUT2D eigenvalue weighted by molar-refractivity contribution is 6.02. The minimum atomic E-state index is -0.901. The Morgan fingerprint density at radius 1 is 1.15 bits per heavy atom. The molecule has 0 aromatic heterocycles. The Morgan fingerprint density at radius 3 is 1.85 bits per heavy atom. The molecule has 0 aromatic rings. The molecule has 0 aliphatic carbocycles. The molecule has 5 nitrogen and oxygen atoms in total. The van der Waals surface area contributed by atoms with Crippen molar-refractivity contribution in [1.82, 2.24) is 5.32 Å². The van der Waals surface area contributed by atoms with Crippen LogP contribution in [0.25, 0.3) is 0 Å². The molecule has 0 bridgehead atoms. The maximum Gasteiger partial charge on any atom is 0.244 e. The van der Waals surface area contributed by atoms with E-state index in [4.69, 9.17) is 10.5 Å². The highest BCUT2D eigenvalue weighted by Crippen LogP contribution is 2.24. The highest BCUT2D eigenvalue weighted by Gasteiger charge is 2.41. The number of carbonyl (C=O) groups is 2. The zero-order chi connectivity index (χ0) is 10.0. The van der Waals surface area contributed by atoms with E-state index < -0.39 is 29.6 Å². The van der Waals surface area contributed by atoms with Crippen molar-refractivity contribution in [3.05, 3.63) is 0 Å². The second-order valence-corrected chi connectivity index (χ2v) is 2.93. The summed E-state index contributed by atoms with van der Waals surface area (Å²) in [5.74, 6) is -3.54. The first-order valence-electron chi connectivity index (χ1n) is 3.75. The maximum atomic E-state index is 11.0. The molecule has 0 saturated carbocycles. The molecule has 1 aliphatic heterocycles. The number of carbonyl (C=O) groups excluding carboxylic acids is 2. The molecule has 0 aromatic carbocycles. The third kappa shape index (κ3) is 1.36. The third-order valence-electron chi connectivity index (χ3n) is 2.14. The van der Waals surface area contributed by atoms with Crippen LogP contribution in [0.15, 0.2) is 0 Å². The van der Waals surface area contributed by atoms with Gasteiger partial charge in [0.1, 0.15) is 11.8 Å². The van der Waals surface area contributed by atoms with Crippen LogP contribution in [0.5, 0.6) is 0 Å². The second-order valence-electron chi connectivity index (χ2n) is 2.93. The van der Waals surface area contributed by atoms with Crippen LogP contribution in [-0.2, 0) is 9.59 Å². The zero-order valence-electron chi connectivity index (χ0n) is 6.94. The highest BCUT2D eigenvalue weighted by atomic mass is 16.2. The summed E-state index contributed by atoms with van der Waals surface area (Å²) in [6.07, 6.45) is 0. The van der Waals surface area contributed by atoms with Crippen LogP contribution < -0.4 is 5.32 Å². The Labute approximate surface area is 74.9 Å². The smallest absolute Gasteiger partial charge is 0.244 e. The lowest BCUT2D eigenvalue weighted by atomic mass is 9.80. The molecule has 1 fully saturated rings. The SMILES string of the molecule is CC1[C@H](C#N)C(=O)NC(=O)[C@H]1C#N. The van der Waals surface area contributed by atoms with E-state index in [9.17, 15) is 9.59 Å². The van der Waals surface area contributed by atoms with Gasteiger partial charge in [0.05, 0.1) is 12.1 Å². The molecule has 66 valence electrons. The van der Waals surface area contributed by atoms with E-state index in [0.29, 0.717) is 0 Å². The topological polar surface area (TPSA) is 93.8 Å². The molecule has 5 heteroatoms. The lowest BCUT2D eigenvalue weighted by Crippen LogP contribution is -2.50. The fourth-order valence-corrected chi connectivity index (χ4v) is 1.30. The van der Waals surface area contributed by atoms with Gasteiger partial charge in [-0.15, -0.1) is 0 Å². The summed E-state index contributed by atoms with van der Waals surface area (Å²) >= 11 is 0. The quantitative estimate of drug-likeness (QED) is 0.507. The predicted octanol–water partition coefficient (Wildman–Crippen LogP) is -0.442. The largest absolute Gasteiger partial charge is 0.294 e. The normalized spacial score (nSPS) is 28.8. The Morgan fingerprint density at radius 2 is 1.54 bits per heavy atom. The van der Waals surface area contributed by atoms with Gasteiger partial charge in [0, 0.05) is 5.92 Å². The average molecular weight is 177 g/mol. The number of piperidine rings is 1. The fourth-order valence-electron chi connectivity index (χ4n) is 1.30. The molecule has 0 radical (unpaired) electrons. The molecule has 1 heterocycles. The van der Waals surface area contributed by atoms with Crippen LogP contribution in [0.2, 0.25) is 0 Å². The van der Waals surface area contributed by atoms with Gasteiger partial charge in [-0.3, -0.25) is 14.9 Å². The van der Waals surface area contributed by atoms with E-state index in [0.717, 1.165) is 0 Å². The lowest BCUT2D eigenvalue weighted by molar-refractivity contribution is -0.139. The maximum absolute atomic E-state index is 11.0. The van der Waals surface area contributed by atoms with Crippen molar-refractivity contribution >= 4 is 11.8 Å². The van der Waals surface area contributed by atoms with E-state index in [1.54, 1.807) is 19.1 Å². The van der Waals surface area contributed by atoms with Gasteiger partial charge < -0.3 is 0 Å². The Bertz CT molecular complexity index is 304. The molecule has 13 heavy (non-hydrogen) atoms. The lowest BCUT2D eigenvalue weighted by Gasteiger charge is -2.25. The fraction of sp³-hybridized carbons (Fsp3) is 0.500. The predicted molar refractivity (Wildman–Crippen MR) is 40.5 cm³/mol. The van der Waals surface area contributed by atoms with Gasteiger partial charge in [-0.2, -0.15) is 10.5 Å². The molecule has 1 aliphatic rings. The minimum absolute atomic E-state index is 0.531. The molecular weight excluding hydrogens is 170 g/mol. The number of nitrogens with zero attached hydrogens (tertiary/aromatic N) is 2. The van der Waals surface area contributed by atoms with Crippen LogP contribution in [0.1, 0.15) is 6.92 Å².